The largest absolute Gasteiger partial charge is 0.497 e. The van der Waals surface area contributed by atoms with E-state index in [9.17, 15) is 13.2 Å². The Kier molecular flexibility index (Phi) is 7.27. The third kappa shape index (κ3) is 5.92. The van der Waals surface area contributed by atoms with Gasteiger partial charge in [-0.15, -0.1) is 0 Å². The van der Waals surface area contributed by atoms with Gasteiger partial charge in [-0.25, -0.2) is 18.4 Å². The number of carbonyl (C=O) groups is 1. The van der Waals surface area contributed by atoms with E-state index in [-0.39, 0.29) is 17.0 Å². The SMILES string of the molecule is COc1ccc(C(CNC(=O)Nc2ccc(S(N)(=O)=O)cc2)N2CCOCC2)cc1. The molecule has 0 spiro atoms. The highest BCUT2D eigenvalue weighted by molar-refractivity contribution is 7.89. The van der Waals surface area contributed by atoms with Gasteiger partial charge in [-0.3, -0.25) is 4.90 Å². The number of benzene rings is 2. The van der Waals surface area contributed by atoms with E-state index in [1.165, 1.54) is 24.3 Å². The van der Waals surface area contributed by atoms with Crippen LogP contribution in [0.1, 0.15) is 11.6 Å². The number of rotatable bonds is 7. The third-order valence-electron chi connectivity index (χ3n) is 4.88. The molecule has 1 atom stereocenters. The summed E-state index contributed by atoms with van der Waals surface area (Å²) in [6, 6.07) is 13.0. The van der Waals surface area contributed by atoms with Crippen molar-refractivity contribution in [1.29, 1.82) is 0 Å². The number of hydrogen-bond acceptors (Lipinski definition) is 6. The van der Waals surface area contributed by atoms with Gasteiger partial charge < -0.3 is 20.1 Å². The van der Waals surface area contributed by atoms with Crippen molar-refractivity contribution in [1.82, 2.24) is 10.2 Å². The van der Waals surface area contributed by atoms with Crippen molar-refractivity contribution in [2.45, 2.75) is 10.9 Å². The molecular weight excluding hydrogens is 408 g/mol. The molecule has 3 rings (SSSR count). The van der Waals surface area contributed by atoms with Gasteiger partial charge in [-0.2, -0.15) is 0 Å². The van der Waals surface area contributed by atoms with Crippen LogP contribution in [0.4, 0.5) is 10.5 Å². The summed E-state index contributed by atoms with van der Waals surface area (Å²) in [6.45, 7) is 3.24. The standard InChI is InChI=1S/C20H26N4O5S/c1-28-17-6-2-15(3-7-17)19(24-10-12-29-13-11-24)14-22-20(25)23-16-4-8-18(9-5-16)30(21,26)27/h2-9,19H,10-14H2,1H3,(H2,21,26,27)(H2,22,23,25). The Morgan fingerprint density at radius 2 is 1.77 bits per heavy atom. The number of methoxy groups -OCH3 is 1. The molecule has 10 heteroatoms. The monoisotopic (exact) mass is 434 g/mol. The Hall–Kier alpha value is -2.66. The first-order valence-corrected chi connectivity index (χ1v) is 11.0. The van der Waals surface area contributed by atoms with Gasteiger partial charge >= 0.3 is 6.03 Å². The molecule has 1 unspecified atom stereocenters. The van der Waals surface area contributed by atoms with E-state index in [1.807, 2.05) is 24.3 Å². The first-order chi connectivity index (χ1) is 14.4. The highest BCUT2D eigenvalue weighted by Gasteiger charge is 2.23. The minimum atomic E-state index is -3.77. The summed E-state index contributed by atoms with van der Waals surface area (Å²) in [5.74, 6) is 0.771. The van der Waals surface area contributed by atoms with Gasteiger partial charge in [0.1, 0.15) is 5.75 Å². The van der Waals surface area contributed by atoms with Gasteiger partial charge in [0.05, 0.1) is 31.3 Å². The number of primary sulfonamides is 1. The van der Waals surface area contributed by atoms with Crippen LogP contribution in [-0.2, 0) is 14.8 Å². The molecule has 1 saturated heterocycles. The Morgan fingerprint density at radius 3 is 2.33 bits per heavy atom. The van der Waals surface area contributed by atoms with E-state index >= 15 is 0 Å². The number of anilines is 1. The number of hydrogen-bond donors (Lipinski definition) is 3. The molecule has 162 valence electrons. The number of amides is 2. The number of carbonyl (C=O) groups excluding carboxylic acids is 1. The second kappa shape index (κ2) is 9.90. The van der Waals surface area contributed by atoms with Gasteiger partial charge in [0, 0.05) is 25.3 Å². The quantitative estimate of drug-likeness (QED) is 0.607. The van der Waals surface area contributed by atoms with Crippen molar-refractivity contribution in [3.63, 3.8) is 0 Å². The van der Waals surface area contributed by atoms with E-state index in [0.29, 0.717) is 25.4 Å². The lowest BCUT2D eigenvalue weighted by Crippen LogP contribution is -2.44. The molecule has 0 aromatic heterocycles. The van der Waals surface area contributed by atoms with E-state index in [4.69, 9.17) is 14.6 Å². The summed E-state index contributed by atoms with van der Waals surface area (Å²) in [4.78, 5) is 14.6. The topological polar surface area (TPSA) is 123 Å². The van der Waals surface area contributed by atoms with Crippen molar-refractivity contribution in [3.8, 4) is 5.75 Å². The number of morpholine rings is 1. The Labute approximate surface area is 176 Å². The molecule has 1 aliphatic rings. The predicted molar refractivity (Wildman–Crippen MR) is 113 cm³/mol. The summed E-state index contributed by atoms with van der Waals surface area (Å²) in [5, 5.41) is 10.7. The zero-order chi connectivity index (χ0) is 21.6. The molecule has 2 amide bonds. The fraction of sp³-hybridized carbons (Fsp3) is 0.350. The van der Waals surface area contributed by atoms with Crippen molar-refractivity contribution in [2.75, 3.05) is 45.3 Å². The molecule has 0 aliphatic carbocycles. The van der Waals surface area contributed by atoms with Crippen LogP contribution in [-0.4, -0.2) is 59.3 Å². The highest BCUT2D eigenvalue weighted by atomic mass is 32.2. The van der Waals surface area contributed by atoms with Crippen molar-refractivity contribution in [2.24, 2.45) is 5.14 Å². The number of ether oxygens (including phenoxy) is 2. The third-order valence-corrected chi connectivity index (χ3v) is 5.81. The predicted octanol–water partition coefficient (Wildman–Crippen LogP) is 1.54. The molecule has 4 N–H and O–H groups in total. The lowest BCUT2D eigenvalue weighted by Gasteiger charge is -2.35. The van der Waals surface area contributed by atoms with Gasteiger partial charge in [-0.1, -0.05) is 12.1 Å². The second-order valence-corrected chi connectivity index (χ2v) is 8.40. The first kappa shape index (κ1) is 22.0. The molecule has 1 heterocycles. The summed E-state index contributed by atoms with van der Waals surface area (Å²) in [5.41, 5.74) is 1.53. The van der Waals surface area contributed by atoms with Crippen LogP contribution in [0.3, 0.4) is 0 Å². The number of sulfonamides is 1. The Balaban J connectivity index is 1.64. The number of urea groups is 1. The normalized spacial score (nSPS) is 15.9. The van der Waals surface area contributed by atoms with E-state index in [2.05, 4.69) is 15.5 Å². The van der Waals surface area contributed by atoms with Gasteiger partial charge in [0.15, 0.2) is 0 Å². The number of nitrogens with zero attached hydrogens (tertiary/aromatic N) is 1. The fourth-order valence-corrected chi connectivity index (χ4v) is 3.78. The lowest BCUT2D eigenvalue weighted by molar-refractivity contribution is 0.0167. The Bertz CT molecular complexity index is 942. The van der Waals surface area contributed by atoms with Crippen LogP contribution in [0.25, 0.3) is 0 Å². The minimum absolute atomic E-state index is 0.0136. The molecule has 0 saturated carbocycles. The van der Waals surface area contributed by atoms with Crippen molar-refractivity contribution >= 4 is 21.7 Å². The van der Waals surface area contributed by atoms with Crippen LogP contribution < -0.4 is 20.5 Å². The Morgan fingerprint density at radius 1 is 1.13 bits per heavy atom. The molecule has 30 heavy (non-hydrogen) atoms. The van der Waals surface area contributed by atoms with Crippen molar-refractivity contribution < 1.29 is 22.7 Å². The molecule has 2 aromatic rings. The number of nitrogens with one attached hydrogen (secondary N) is 2. The lowest BCUT2D eigenvalue weighted by atomic mass is 10.0. The maximum absolute atomic E-state index is 12.4. The maximum atomic E-state index is 12.4. The highest BCUT2D eigenvalue weighted by Crippen LogP contribution is 2.23. The van der Waals surface area contributed by atoms with E-state index in [1.54, 1.807) is 7.11 Å². The summed E-state index contributed by atoms with van der Waals surface area (Å²) < 4.78 is 33.3. The zero-order valence-electron chi connectivity index (χ0n) is 16.7. The molecular formula is C20H26N4O5S. The maximum Gasteiger partial charge on any atom is 0.319 e. The van der Waals surface area contributed by atoms with E-state index < -0.39 is 10.0 Å². The van der Waals surface area contributed by atoms with Crippen LogP contribution in [0.15, 0.2) is 53.4 Å². The average Bonchev–Trinajstić information content (AvgIpc) is 2.75. The van der Waals surface area contributed by atoms with Crippen LogP contribution >= 0.6 is 0 Å². The van der Waals surface area contributed by atoms with Crippen LogP contribution in [0.5, 0.6) is 5.75 Å². The summed E-state index contributed by atoms with van der Waals surface area (Å²) in [7, 11) is -2.15. The summed E-state index contributed by atoms with van der Waals surface area (Å²) in [6.07, 6.45) is 0. The van der Waals surface area contributed by atoms with Gasteiger partial charge in [-0.05, 0) is 42.0 Å². The van der Waals surface area contributed by atoms with Gasteiger partial charge in [0.25, 0.3) is 0 Å². The molecule has 2 aromatic carbocycles. The zero-order valence-corrected chi connectivity index (χ0v) is 17.5. The average molecular weight is 435 g/mol. The fourth-order valence-electron chi connectivity index (χ4n) is 3.27. The summed E-state index contributed by atoms with van der Waals surface area (Å²) >= 11 is 0. The van der Waals surface area contributed by atoms with E-state index in [0.717, 1.165) is 24.4 Å². The number of nitrogens with two attached hydrogens (primary N) is 1. The molecule has 0 bridgehead atoms. The molecule has 9 nitrogen and oxygen atoms in total. The molecule has 1 aliphatic heterocycles. The van der Waals surface area contributed by atoms with Gasteiger partial charge in [0.2, 0.25) is 10.0 Å². The minimum Gasteiger partial charge on any atom is -0.497 e. The van der Waals surface area contributed by atoms with Crippen LogP contribution in [0, 0.1) is 0 Å². The van der Waals surface area contributed by atoms with Crippen molar-refractivity contribution in [3.05, 3.63) is 54.1 Å². The molecule has 1 fully saturated rings. The van der Waals surface area contributed by atoms with Crippen LogP contribution in [0.2, 0.25) is 0 Å². The first-order valence-electron chi connectivity index (χ1n) is 9.50. The molecule has 0 radical (unpaired) electrons. The smallest absolute Gasteiger partial charge is 0.319 e. The second-order valence-electron chi connectivity index (χ2n) is 6.84.